The predicted octanol–water partition coefficient (Wildman–Crippen LogP) is 1.29. The van der Waals surface area contributed by atoms with Crippen molar-refractivity contribution >= 4 is 27.5 Å². The summed E-state index contributed by atoms with van der Waals surface area (Å²) in [6.45, 7) is 0. The second-order valence-corrected chi connectivity index (χ2v) is 3.88. The molecule has 0 radical (unpaired) electrons. The van der Waals surface area contributed by atoms with E-state index >= 15 is 0 Å². The predicted molar refractivity (Wildman–Crippen MR) is 58.4 cm³/mol. The largest absolute Gasteiger partial charge is 0.508 e. The van der Waals surface area contributed by atoms with Gasteiger partial charge in [-0.3, -0.25) is 0 Å². The number of oxime groups is 1. The van der Waals surface area contributed by atoms with Crippen LogP contribution in [0.5, 0.6) is 5.75 Å². The molecule has 0 saturated heterocycles. The molecule has 0 amide bonds. The van der Waals surface area contributed by atoms with E-state index in [9.17, 15) is 5.11 Å². The van der Waals surface area contributed by atoms with Crippen molar-refractivity contribution < 1.29 is 10.3 Å². The summed E-state index contributed by atoms with van der Waals surface area (Å²) < 4.78 is 5.07. The number of phenolic OH excluding ortho intramolecular Hbond substituents is 1. The molecule has 1 aromatic heterocycles. The maximum Gasteiger partial charge on any atom is 0.145 e. The Morgan fingerprint density at radius 1 is 1.53 bits per heavy atom. The van der Waals surface area contributed by atoms with Gasteiger partial charge in [0.05, 0.1) is 16.8 Å². The molecular weight excluding hydrogens is 214 g/mol. The van der Waals surface area contributed by atoms with Crippen molar-refractivity contribution in [2.45, 2.75) is 6.42 Å². The Bertz CT molecular complexity index is 521. The average molecular weight is 223 g/mol. The number of phenols is 1. The molecule has 5 nitrogen and oxygen atoms in total. The van der Waals surface area contributed by atoms with Gasteiger partial charge in [0.25, 0.3) is 0 Å². The van der Waals surface area contributed by atoms with E-state index in [0.717, 1.165) is 15.8 Å². The van der Waals surface area contributed by atoms with E-state index in [4.69, 9.17) is 10.9 Å². The third kappa shape index (κ3) is 1.84. The first kappa shape index (κ1) is 9.72. The molecule has 0 fully saturated rings. The maximum atomic E-state index is 9.26. The van der Waals surface area contributed by atoms with Gasteiger partial charge in [-0.1, -0.05) is 5.16 Å². The fraction of sp³-hybridized carbons (Fsp3) is 0.111. The fourth-order valence-corrected chi connectivity index (χ4v) is 2.14. The van der Waals surface area contributed by atoms with Crippen molar-refractivity contribution in [3.8, 4) is 5.75 Å². The van der Waals surface area contributed by atoms with E-state index in [1.165, 1.54) is 11.5 Å². The van der Waals surface area contributed by atoms with Crippen LogP contribution in [0.4, 0.5) is 0 Å². The molecule has 0 saturated carbocycles. The van der Waals surface area contributed by atoms with Crippen LogP contribution in [0.3, 0.4) is 0 Å². The monoisotopic (exact) mass is 223 g/mol. The van der Waals surface area contributed by atoms with Crippen LogP contribution >= 0.6 is 11.5 Å². The molecule has 0 aliphatic carbocycles. The number of aromatic nitrogens is 1. The average Bonchev–Trinajstić information content (AvgIpc) is 2.60. The third-order valence-corrected chi connectivity index (χ3v) is 2.85. The topological polar surface area (TPSA) is 91.7 Å². The fourth-order valence-electron chi connectivity index (χ4n) is 1.31. The highest BCUT2D eigenvalue weighted by atomic mass is 32.1. The summed E-state index contributed by atoms with van der Waals surface area (Å²) in [5.41, 5.74) is 6.16. The standard InChI is InChI=1S/C9H9N3O2S/c10-9(11-14)4-7-6-2-1-5(13)3-8(6)15-12-7/h1-3,13-14H,4H2,(H2,10,11). The minimum absolute atomic E-state index is 0.121. The molecule has 0 atom stereocenters. The molecule has 0 aliphatic heterocycles. The lowest BCUT2D eigenvalue weighted by Gasteiger charge is -1.96. The van der Waals surface area contributed by atoms with Gasteiger partial charge in [-0.25, -0.2) is 0 Å². The smallest absolute Gasteiger partial charge is 0.145 e. The van der Waals surface area contributed by atoms with Gasteiger partial charge in [-0.05, 0) is 29.7 Å². The quantitative estimate of drug-likeness (QED) is 0.309. The first-order valence-electron chi connectivity index (χ1n) is 4.24. The molecule has 15 heavy (non-hydrogen) atoms. The molecule has 6 heteroatoms. The van der Waals surface area contributed by atoms with Gasteiger partial charge in [0.15, 0.2) is 0 Å². The van der Waals surface area contributed by atoms with Gasteiger partial charge in [0.1, 0.15) is 11.6 Å². The zero-order valence-electron chi connectivity index (χ0n) is 7.71. The number of benzene rings is 1. The zero-order chi connectivity index (χ0) is 10.8. The van der Waals surface area contributed by atoms with Crippen molar-refractivity contribution in [2.75, 3.05) is 0 Å². The Hall–Kier alpha value is -1.82. The van der Waals surface area contributed by atoms with E-state index < -0.39 is 0 Å². The van der Waals surface area contributed by atoms with E-state index in [2.05, 4.69) is 9.53 Å². The van der Waals surface area contributed by atoms with Gasteiger partial charge in [-0.2, -0.15) is 4.37 Å². The van der Waals surface area contributed by atoms with Crippen molar-refractivity contribution in [2.24, 2.45) is 10.9 Å². The number of amidine groups is 1. The van der Waals surface area contributed by atoms with E-state index in [1.54, 1.807) is 18.2 Å². The van der Waals surface area contributed by atoms with Gasteiger partial charge < -0.3 is 16.0 Å². The molecule has 0 unspecified atom stereocenters. The van der Waals surface area contributed by atoms with E-state index in [-0.39, 0.29) is 11.6 Å². The highest BCUT2D eigenvalue weighted by Crippen LogP contribution is 2.26. The minimum Gasteiger partial charge on any atom is -0.508 e. The van der Waals surface area contributed by atoms with Crippen LogP contribution in [0.2, 0.25) is 0 Å². The van der Waals surface area contributed by atoms with Crippen LogP contribution in [-0.2, 0) is 6.42 Å². The van der Waals surface area contributed by atoms with Crippen LogP contribution in [0, 0.1) is 0 Å². The molecule has 1 heterocycles. The van der Waals surface area contributed by atoms with Crippen LogP contribution in [-0.4, -0.2) is 20.5 Å². The second-order valence-electron chi connectivity index (χ2n) is 3.08. The van der Waals surface area contributed by atoms with Crippen LogP contribution in [0.1, 0.15) is 5.69 Å². The van der Waals surface area contributed by atoms with E-state index in [0.29, 0.717) is 6.42 Å². The number of hydrogen-bond acceptors (Lipinski definition) is 5. The summed E-state index contributed by atoms with van der Waals surface area (Å²) >= 11 is 1.28. The van der Waals surface area contributed by atoms with Crippen LogP contribution in [0.25, 0.3) is 10.1 Å². The highest BCUT2D eigenvalue weighted by Gasteiger charge is 2.08. The number of hydrogen-bond donors (Lipinski definition) is 3. The molecule has 0 spiro atoms. The first-order chi connectivity index (χ1) is 7.20. The van der Waals surface area contributed by atoms with Crippen molar-refractivity contribution in [1.29, 1.82) is 0 Å². The normalized spacial score (nSPS) is 12.1. The lowest BCUT2D eigenvalue weighted by molar-refractivity contribution is 0.317. The SMILES string of the molecule is N/C(Cc1nsc2cc(O)ccc12)=N\O. The summed E-state index contributed by atoms with van der Waals surface area (Å²) in [5.74, 6) is 0.330. The zero-order valence-corrected chi connectivity index (χ0v) is 8.53. The highest BCUT2D eigenvalue weighted by molar-refractivity contribution is 7.13. The summed E-state index contributed by atoms with van der Waals surface area (Å²) in [5, 5.41) is 21.5. The second kappa shape index (κ2) is 3.74. The molecule has 78 valence electrons. The lowest BCUT2D eigenvalue weighted by atomic mass is 10.1. The number of rotatable bonds is 2. The maximum absolute atomic E-state index is 9.26. The Morgan fingerprint density at radius 3 is 3.07 bits per heavy atom. The Morgan fingerprint density at radius 2 is 2.33 bits per heavy atom. The third-order valence-electron chi connectivity index (χ3n) is 2.01. The van der Waals surface area contributed by atoms with Gasteiger partial charge in [0, 0.05) is 5.39 Å². The number of aromatic hydroxyl groups is 1. The minimum atomic E-state index is 0.121. The molecule has 1 aromatic carbocycles. The molecule has 4 N–H and O–H groups in total. The van der Waals surface area contributed by atoms with Gasteiger partial charge in [0.2, 0.25) is 0 Å². The number of nitrogens with two attached hydrogens (primary N) is 1. The van der Waals surface area contributed by atoms with Crippen molar-refractivity contribution in [1.82, 2.24) is 4.37 Å². The summed E-state index contributed by atoms with van der Waals surface area (Å²) in [6, 6.07) is 5.00. The molecule has 2 rings (SSSR count). The van der Waals surface area contributed by atoms with Gasteiger partial charge in [-0.15, -0.1) is 0 Å². The molecular formula is C9H9N3O2S. The van der Waals surface area contributed by atoms with Crippen LogP contribution < -0.4 is 5.73 Å². The summed E-state index contributed by atoms with van der Waals surface area (Å²) in [7, 11) is 0. The Labute approximate surface area is 89.6 Å². The van der Waals surface area contributed by atoms with Crippen molar-refractivity contribution in [3.05, 3.63) is 23.9 Å². The van der Waals surface area contributed by atoms with Crippen LogP contribution in [0.15, 0.2) is 23.4 Å². The number of nitrogens with zero attached hydrogens (tertiary/aromatic N) is 2. The number of fused-ring (bicyclic) bond motifs is 1. The Balaban J connectivity index is 2.45. The molecule has 0 bridgehead atoms. The van der Waals surface area contributed by atoms with E-state index in [1.807, 2.05) is 0 Å². The lowest BCUT2D eigenvalue weighted by Crippen LogP contribution is -2.14. The molecule has 0 aliphatic rings. The first-order valence-corrected chi connectivity index (χ1v) is 5.01. The summed E-state index contributed by atoms with van der Waals surface area (Å²) in [4.78, 5) is 0. The molecule has 2 aromatic rings. The van der Waals surface area contributed by atoms with Crippen molar-refractivity contribution in [3.63, 3.8) is 0 Å². The summed E-state index contributed by atoms with van der Waals surface area (Å²) in [6.07, 6.45) is 0.307. The Kier molecular flexibility index (Phi) is 2.42. The van der Waals surface area contributed by atoms with Gasteiger partial charge >= 0.3 is 0 Å².